The fraction of sp³-hybridized carbons (Fsp3) is 0.462. The number of aliphatic carboxylic acids is 1. The number of halogens is 1. The van der Waals surface area contributed by atoms with Crippen LogP contribution in [-0.2, 0) is 16.0 Å². The van der Waals surface area contributed by atoms with Gasteiger partial charge >= 0.3 is 5.97 Å². The summed E-state index contributed by atoms with van der Waals surface area (Å²) in [5.41, 5.74) is 1.06. The fourth-order valence-electron chi connectivity index (χ4n) is 2.11. The highest BCUT2D eigenvalue weighted by molar-refractivity contribution is 14.1. The Kier molecular flexibility index (Phi) is 4.96. The molecule has 2 rings (SSSR count). The summed E-state index contributed by atoms with van der Waals surface area (Å²) in [7, 11) is 0. The number of carboxylic acid groups (broad SMARTS) is 1. The first kappa shape index (κ1) is 13.8. The van der Waals surface area contributed by atoms with Gasteiger partial charge in [0.05, 0.1) is 13.2 Å². The molecule has 1 N–H and O–H groups in total. The van der Waals surface area contributed by atoms with Gasteiger partial charge in [-0.1, -0.05) is 12.1 Å². The van der Waals surface area contributed by atoms with E-state index in [0.717, 1.165) is 9.13 Å². The highest BCUT2D eigenvalue weighted by atomic mass is 127. The number of ether oxygens (including phenoxy) is 1. The zero-order valence-electron chi connectivity index (χ0n) is 10.0. The average molecular weight is 361 g/mol. The molecule has 1 aromatic rings. The van der Waals surface area contributed by atoms with E-state index in [0.29, 0.717) is 32.7 Å². The molecule has 5 heteroatoms. The molecule has 18 heavy (non-hydrogen) atoms. The maximum atomic E-state index is 11.4. The Morgan fingerprint density at radius 3 is 2.50 bits per heavy atom. The zero-order chi connectivity index (χ0) is 13.0. The van der Waals surface area contributed by atoms with Crippen molar-refractivity contribution in [3.63, 3.8) is 0 Å². The molecule has 1 atom stereocenters. The first-order valence-corrected chi connectivity index (χ1v) is 7.04. The summed E-state index contributed by atoms with van der Waals surface area (Å²) in [6.07, 6.45) is 0.548. The smallest absolute Gasteiger partial charge is 0.321 e. The first-order valence-electron chi connectivity index (χ1n) is 5.96. The normalized spacial score (nSPS) is 18.5. The fourth-order valence-corrected chi connectivity index (χ4v) is 2.47. The van der Waals surface area contributed by atoms with Crippen molar-refractivity contribution < 1.29 is 14.6 Å². The van der Waals surface area contributed by atoms with Crippen LogP contribution in [0.5, 0.6) is 0 Å². The maximum Gasteiger partial charge on any atom is 0.321 e. The van der Waals surface area contributed by atoms with Crippen LogP contribution in [0.3, 0.4) is 0 Å². The standard InChI is InChI=1S/C13H16INO3/c14-11-3-1-10(2-4-11)9-12(13(16)17)15-5-7-18-8-6-15/h1-4,12H,5-9H2,(H,16,17). The van der Waals surface area contributed by atoms with Gasteiger partial charge in [0.15, 0.2) is 0 Å². The summed E-state index contributed by atoms with van der Waals surface area (Å²) in [6, 6.07) is 7.56. The summed E-state index contributed by atoms with van der Waals surface area (Å²) in [6.45, 7) is 2.63. The lowest BCUT2D eigenvalue weighted by molar-refractivity contribution is -0.145. The number of hydrogen-bond acceptors (Lipinski definition) is 3. The third-order valence-corrected chi connectivity index (χ3v) is 3.83. The van der Waals surface area contributed by atoms with E-state index < -0.39 is 12.0 Å². The monoisotopic (exact) mass is 361 g/mol. The Labute approximate surface area is 120 Å². The van der Waals surface area contributed by atoms with Crippen LogP contribution in [0.4, 0.5) is 0 Å². The van der Waals surface area contributed by atoms with Crippen molar-refractivity contribution in [2.45, 2.75) is 12.5 Å². The predicted molar refractivity (Wildman–Crippen MR) is 76.7 cm³/mol. The van der Waals surface area contributed by atoms with Gasteiger partial charge in [-0.3, -0.25) is 9.69 Å². The van der Waals surface area contributed by atoms with Gasteiger partial charge in [-0.05, 0) is 46.7 Å². The van der Waals surface area contributed by atoms with E-state index in [1.54, 1.807) is 0 Å². The number of morpholine rings is 1. The van der Waals surface area contributed by atoms with Gasteiger partial charge in [-0.15, -0.1) is 0 Å². The lowest BCUT2D eigenvalue weighted by atomic mass is 10.0. The molecule has 0 amide bonds. The van der Waals surface area contributed by atoms with Gasteiger partial charge in [-0.25, -0.2) is 0 Å². The molecular weight excluding hydrogens is 345 g/mol. The van der Waals surface area contributed by atoms with Crippen LogP contribution in [0.25, 0.3) is 0 Å². The third kappa shape index (κ3) is 3.66. The number of benzene rings is 1. The Morgan fingerprint density at radius 2 is 1.94 bits per heavy atom. The molecule has 0 spiro atoms. The molecule has 0 aromatic heterocycles. The van der Waals surface area contributed by atoms with Crippen LogP contribution in [0.2, 0.25) is 0 Å². The number of rotatable bonds is 4. The van der Waals surface area contributed by atoms with Crippen molar-refractivity contribution in [3.05, 3.63) is 33.4 Å². The molecule has 1 heterocycles. The molecule has 0 saturated carbocycles. The highest BCUT2D eigenvalue weighted by Gasteiger charge is 2.27. The second-order valence-electron chi connectivity index (χ2n) is 4.33. The van der Waals surface area contributed by atoms with Gasteiger partial charge in [0.25, 0.3) is 0 Å². The minimum absolute atomic E-state index is 0.450. The number of carboxylic acids is 1. The second-order valence-corrected chi connectivity index (χ2v) is 5.58. The molecular formula is C13H16INO3. The Morgan fingerprint density at radius 1 is 1.33 bits per heavy atom. The molecule has 1 fully saturated rings. The molecule has 0 bridgehead atoms. The van der Waals surface area contributed by atoms with E-state index >= 15 is 0 Å². The molecule has 1 aliphatic heterocycles. The highest BCUT2D eigenvalue weighted by Crippen LogP contribution is 2.13. The van der Waals surface area contributed by atoms with Gasteiger partial charge in [0, 0.05) is 16.7 Å². The Bertz CT molecular complexity index is 401. The van der Waals surface area contributed by atoms with Gasteiger partial charge in [0.2, 0.25) is 0 Å². The van der Waals surface area contributed by atoms with Crippen molar-refractivity contribution in [2.24, 2.45) is 0 Å². The molecule has 1 aliphatic rings. The van der Waals surface area contributed by atoms with Crippen LogP contribution >= 0.6 is 22.6 Å². The van der Waals surface area contributed by atoms with Crippen LogP contribution in [0.15, 0.2) is 24.3 Å². The van der Waals surface area contributed by atoms with Crippen LogP contribution in [-0.4, -0.2) is 48.3 Å². The molecule has 1 aromatic carbocycles. The van der Waals surface area contributed by atoms with Crippen molar-refractivity contribution in [2.75, 3.05) is 26.3 Å². The van der Waals surface area contributed by atoms with Crippen molar-refractivity contribution in [1.29, 1.82) is 0 Å². The molecule has 1 unspecified atom stereocenters. The summed E-state index contributed by atoms with van der Waals surface area (Å²) in [5.74, 6) is -0.754. The number of hydrogen-bond donors (Lipinski definition) is 1. The minimum Gasteiger partial charge on any atom is -0.480 e. The zero-order valence-corrected chi connectivity index (χ0v) is 12.2. The number of carbonyl (C=O) groups is 1. The van der Waals surface area contributed by atoms with E-state index in [1.165, 1.54) is 0 Å². The molecule has 0 aliphatic carbocycles. The second kappa shape index (κ2) is 6.49. The van der Waals surface area contributed by atoms with Crippen LogP contribution < -0.4 is 0 Å². The summed E-state index contributed by atoms with van der Waals surface area (Å²) >= 11 is 2.24. The lowest BCUT2D eigenvalue weighted by Gasteiger charge is -2.31. The van der Waals surface area contributed by atoms with Crippen LogP contribution in [0, 0.1) is 3.57 Å². The molecule has 1 saturated heterocycles. The van der Waals surface area contributed by atoms with E-state index in [9.17, 15) is 9.90 Å². The SMILES string of the molecule is O=C(O)C(Cc1ccc(I)cc1)N1CCOCC1. The third-order valence-electron chi connectivity index (χ3n) is 3.11. The molecule has 0 radical (unpaired) electrons. The first-order chi connectivity index (χ1) is 8.66. The molecule has 98 valence electrons. The van der Waals surface area contributed by atoms with Gasteiger partial charge in [-0.2, -0.15) is 0 Å². The maximum absolute atomic E-state index is 11.4. The van der Waals surface area contributed by atoms with Crippen LogP contribution in [0.1, 0.15) is 5.56 Å². The minimum atomic E-state index is -0.754. The van der Waals surface area contributed by atoms with Crippen molar-refractivity contribution in [3.8, 4) is 0 Å². The predicted octanol–water partition coefficient (Wildman–Crippen LogP) is 1.62. The van der Waals surface area contributed by atoms with Crippen molar-refractivity contribution in [1.82, 2.24) is 4.90 Å². The summed E-state index contributed by atoms with van der Waals surface area (Å²) < 4.78 is 6.42. The largest absolute Gasteiger partial charge is 0.480 e. The van der Waals surface area contributed by atoms with E-state index in [1.807, 2.05) is 29.2 Å². The topological polar surface area (TPSA) is 49.8 Å². The quantitative estimate of drug-likeness (QED) is 0.829. The van der Waals surface area contributed by atoms with E-state index in [2.05, 4.69) is 22.6 Å². The summed E-state index contributed by atoms with van der Waals surface area (Å²) in [4.78, 5) is 13.4. The Balaban J connectivity index is 2.05. The van der Waals surface area contributed by atoms with E-state index in [-0.39, 0.29) is 0 Å². The van der Waals surface area contributed by atoms with Gasteiger partial charge in [0.1, 0.15) is 6.04 Å². The van der Waals surface area contributed by atoms with E-state index in [4.69, 9.17) is 4.74 Å². The van der Waals surface area contributed by atoms with Crippen molar-refractivity contribution >= 4 is 28.6 Å². The number of nitrogens with zero attached hydrogens (tertiary/aromatic N) is 1. The summed E-state index contributed by atoms with van der Waals surface area (Å²) in [5, 5.41) is 9.36. The average Bonchev–Trinajstić information content (AvgIpc) is 2.38. The lowest BCUT2D eigenvalue weighted by Crippen LogP contribution is -2.48. The van der Waals surface area contributed by atoms with Gasteiger partial charge < -0.3 is 9.84 Å². The Hall–Kier alpha value is -0.660. The molecule has 4 nitrogen and oxygen atoms in total.